The molecule has 0 aliphatic heterocycles. The molecule has 0 bridgehead atoms. The van der Waals surface area contributed by atoms with E-state index in [4.69, 9.17) is 4.74 Å². The van der Waals surface area contributed by atoms with Gasteiger partial charge in [-0.1, -0.05) is 38.1 Å². The van der Waals surface area contributed by atoms with Crippen LogP contribution in [0, 0.1) is 0 Å². The highest BCUT2D eigenvalue weighted by Gasteiger charge is 2.12. The molecule has 132 valence electrons. The van der Waals surface area contributed by atoms with Crippen molar-refractivity contribution >= 4 is 11.9 Å². The van der Waals surface area contributed by atoms with Gasteiger partial charge < -0.3 is 15.2 Å². The number of hydrogen-bond donors (Lipinski definition) is 2. The van der Waals surface area contributed by atoms with Gasteiger partial charge in [0.05, 0.1) is 5.56 Å². The Kier molecular flexibility index (Phi) is 6.57. The molecule has 2 aromatic carbocycles. The molecule has 0 spiro atoms. The number of phenols is 1. The Morgan fingerprint density at radius 1 is 0.960 bits per heavy atom. The molecule has 2 rings (SSSR count). The second kappa shape index (κ2) is 8.87. The molecule has 0 saturated carbocycles. The molecule has 0 saturated heterocycles. The maximum atomic E-state index is 12.0. The van der Waals surface area contributed by atoms with Crippen molar-refractivity contribution in [1.29, 1.82) is 0 Å². The zero-order valence-corrected chi connectivity index (χ0v) is 14.5. The summed E-state index contributed by atoms with van der Waals surface area (Å²) in [7, 11) is 0. The quantitative estimate of drug-likeness (QED) is 0.756. The molecule has 2 N–H and O–H groups in total. The molecule has 2 aromatic rings. The van der Waals surface area contributed by atoms with Gasteiger partial charge in [0.1, 0.15) is 5.75 Å². The number of carbonyl (C=O) groups is 2. The van der Waals surface area contributed by atoms with Crippen LogP contribution < -0.4 is 5.32 Å². The molecule has 0 aliphatic carbocycles. The molecule has 0 unspecified atom stereocenters. The van der Waals surface area contributed by atoms with Crippen molar-refractivity contribution in [3.05, 3.63) is 54.1 Å². The van der Waals surface area contributed by atoms with Gasteiger partial charge >= 0.3 is 5.97 Å². The van der Waals surface area contributed by atoms with E-state index in [0.717, 1.165) is 24.0 Å². The summed E-state index contributed by atoms with van der Waals surface area (Å²) in [4.78, 5) is 23.8. The summed E-state index contributed by atoms with van der Waals surface area (Å²) < 4.78 is 5.06. The first-order valence-corrected chi connectivity index (χ1v) is 8.39. The summed E-state index contributed by atoms with van der Waals surface area (Å²) in [5, 5.41) is 12.1. The predicted octanol–water partition coefficient (Wildman–Crippen LogP) is 3.52. The van der Waals surface area contributed by atoms with Gasteiger partial charge in [0, 0.05) is 6.04 Å². The van der Waals surface area contributed by atoms with Crippen molar-refractivity contribution in [1.82, 2.24) is 5.32 Å². The third kappa shape index (κ3) is 5.35. The molecule has 1 amide bonds. The number of aromatic hydroxyl groups is 1. The number of hydrogen-bond acceptors (Lipinski definition) is 4. The van der Waals surface area contributed by atoms with Crippen molar-refractivity contribution in [3.63, 3.8) is 0 Å². The summed E-state index contributed by atoms with van der Waals surface area (Å²) in [6.07, 6.45) is 1.68. The van der Waals surface area contributed by atoms with E-state index < -0.39 is 5.97 Å². The third-order valence-electron chi connectivity index (χ3n) is 4.01. The number of phenolic OH excluding ortho intramolecular Hbond substituents is 1. The molecule has 0 aromatic heterocycles. The average Bonchev–Trinajstić information content (AvgIpc) is 2.65. The average molecular weight is 341 g/mol. The van der Waals surface area contributed by atoms with Gasteiger partial charge in [-0.3, -0.25) is 4.79 Å². The van der Waals surface area contributed by atoms with E-state index in [1.54, 1.807) is 48.5 Å². The third-order valence-corrected chi connectivity index (χ3v) is 4.01. The Balaban J connectivity index is 1.92. The first kappa shape index (κ1) is 18.5. The Morgan fingerprint density at radius 3 is 2.00 bits per heavy atom. The smallest absolute Gasteiger partial charge is 0.338 e. The summed E-state index contributed by atoms with van der Waals surface area (Å²) in [5.74, 6) is -0.615. The lowest BCUT2D eigenvalue weighted by Crippen LogP contribution is -2.36. The van der Waals surface area contributed by atoms with Crippen LogP contribution in [0.5, 0.6) is 5.75 Å². The molecular weight excluding hydrogens is 318 g/mol. The van der Waals surface area contributed by atoms with Crippen LogP contribution in [0.3, 0.4) is 0 Å². The first-order chi connectivity index (χ1) is 12.0. The fraction of sp³-hybridized carbons (Fsp3) is 0.300. The Labute approximate surface area is 147 Å². The number of carbonyl (C=O) groups excluding carboxylic acids is 2. The van der Waals surface area contributed by atoms with Gasteiger partial charge in [0.15, 0.2) is 6.61 Å². The minimum Gasteiger partial charge on any atom is -0.508 e. The topological polar surface area (TPSA) is 75.6 Å². The van der Waals surface area contributed by atoms with Gasteiger partial charge in [0.2, 0.25) is 0 Å². The van der Waals surface area contributed by atoms with Gasteiger partial charge in [-0.15, -0.1) is 0 Å². The van der Waals surface area contributed by atoms with Crippen LogP contribution in [0.4, 0.5) is 0 Å². The van der Waals surface area contributed by atoms with Crippen LogP contribution in [0.15, 0.2) is 48.5 Å². The molecule has 0 heterocycles. The van der Waals surface area contributed by atoms with E-state index in [2.05, 4.69) is 5.32 Å². The summed E-state index contributed by atoms with van der Waals surface area (Å²) in [6, 6.07) is 13.8. The number of ether oxygens (including phenoxy) is 1. The van der Waals surface area contributed by atoms with Gasteiger partial charge in [-0.05, 0) is 48.2 Å². The van der Waals surface area contributed by atoms with E-state index in [-0.39, 0.29) is 24.3 Å². The Bertz CT molecular complexity index is 703. The van der Waals surface area contributed by atoms with Gasteiger partial charge in [0.25, 0.3) is 5.91 Å². The predicted molar refractivity (Wildman–Crippen MR) is 96.3 cm³/mol. The van der Waals surface area contributed by atoms with E-state index in [9.17, 15) is 14.7 Å². The van der Waals surface area contributed by atoms with Crippen molar-refractivity contribution in [3.8, 4) is 16.9 Å². The number of rotatable bonds is 7. The molecule has 0 atom stereocenters. The minimum atomic E-state index is -0.531. The van der Waals surface area contributed by atoms with E-state index in [1.807, 2.05) is 13.8 Å². The molecule has 5 heteroatoms. The van der Waals surface area contributed by atoms with E-state index in [0.29, 0.717) is 5.56 Å². The van der Waals surface area contributed by atoms with Gasteiger partial charge in [-0.25, -0.2) is 4.79 Å². The lowest BCUT2D eigenvalue weighted by molar-refractivity contribution is -0.125. The van der Waals surface area contributed by atoms with E-state index >= 15 is 0 Å². The molecule has 0 radical (unpaired) electrons. The fourth-order valence-corrected chi connectivity index (χ4v) is 2.43. The van der Waals surface area contributed by atoms with Crippen LogP contribution in [0.25, 0.3) is 11.1 Å². The molecule has 0 aliphatic rings. The van der Waals surface area contributed by atoms with Crippen molar-refractivity contribution in [2.24, 2.45) is 0 Å². The number of nitrogens with one attached hydrogen (secondary N) is 1. The molecule has 5 nitrogen and oxygen atoms in total. The highest BCUT2D eigenvalue weighted by Crippen LogP contribution is 2.22. The lowest BCUT2D eigenvalue weighted by atomic mass is 10.0. The van der Waals surface area contributed by atoms with Gasteiger partial charge in [-0.2, -0.15) is 0 Å². The Hall–Kier alpha value is -2.82. The maximum absolute atomic E-state index is 12.0. The molecule has 25 heavy (non-hydrogen) atoms. The molecule has 0 fully saturated rings. The zero-order valence-electron chi connectivity index (χ0n) is 14.5. The van der Waals surface area contributed by atoms with Crippen LogP contribution in [-0.4, -0.2) is 29.6 Å². The Morgan fingerprint density at radius 2 is 1.48 bits per heavy atom. The summed E-state index contributed by atoms with van der Waals surface area (Å²) >= 11 is 0. The monoisotopic (exact) mass is 341 g/mol. The number of benzene rings is 2. The summed E-state index contributed by atoms with van der Waals surface area (Å²) in [6.45, 7) is 3.71. The van der Waals surface area contributed by atoms with Crippen molar-refractivity contribution in [2.75, 3.05) is 6.61 Å². The van der Waals surface area contributed by atoms with Crippen molar-refractivity contribution in [2.45, 2.75) is 32.7 Å². The minimum absolute atomic E-state index is 0.107. The largest absolute Gasteiger partial charge is 0.508 e. The normalized spacial score (nSPS) is 10.5. The second-order valence-corrected chi connectivity index (χ2v) is 5.78. The van der Waals surface area contributed by atoms with Crippen LogP contribution in [0.1, 0.15) is 37.0 Å². The highest BCUT2D eigenvalue weighted by molar-refractivity contribution is 5.91. The van der Waals surface area contributed by atoms with E-state index in [1.165, 1.54) is 0 Å². The van der Waals surface area contributed by atoms with Crippen molar-refractivity contribution < 1.29 is 19.4 Å². The van der Waals surface area contributed by atoms with Crippen LogP contribution in [-0.2, 0) is 9.53 Å². The maximum Gasteiger partial charge on any atom is 0.338 e. The second-order valence-electron chi connectivity index (χ2n) is 5.78. The van der Waals surface area contributed by atoms with Crippen LogP contribution >= 0.6 is 0 Å². The zero-order chi connectivity index (χ0) is 18.2. The standard InChI is InChI=1S/C20H23NO4/c1-3-17(4-2)21-19(23)13-25-20(24)16-7-5-14(6-8-16)15-9-11-18(22)12-10-15/h5-12,17,22H,3-4,13H2,1-2H3,(H,21,23). The fourth-order valence-electron chi connectivity index (χ4n) is 2.43. The first-order valence-electron chi connectivity index (χ1n) is 8.39. The lowest BCUT2D eigenvalue weighted by Gasteiger charge is -2.14. The number of amides is 1. The highest BCUT2D eigenvalue weighted by atomic mass is 16.5. The molecular formula is C20H23NO4. The van der Waals surface area contributed by atoms with Crippen LogP contribution in [0.2, 0.25) is 0 Å². The summed E-state index contributed by atoms with van der Waals surface area (Å²) in [5.41, 5.74) is 2.24. The SMILES string of the molecule is CCC(CC)NC(=O)COC(=O)c1ccc(-c2ccc(O)cc2)cc1. The number of esters is 1.